The lowest BCUT2D eigenvalue weighted by Crippen LogP contribution is -2.56. The molecule has 6 heteroatoms. The van der Waals surface area contributed by atoms with Crippen LogP contribution in [0.2, 0.25) is 0 Å². The third kappa shape index (κ3) is 2.68. The summed E-state index contributed by atoms with van der Waals surface area (Å²) in [5.41, 5.74) is 0. The fraction of sp³-hybridized carbons (Fsp3) is 0.929. The van der Waals surface area contributed by atoms with Gasteiger partial charge in [-0.05, 0) is 38.8 Å². The first kappa shape index (κ1) is 14.2. The van der Waals surface area contributed by atoms with E-state index in [0.717, 1.165) is 25.9 Å². The summed E-state index contributed by atoms with van der Waals surface area (Å²) in [6.07, 6.45) is 2.93. The number of halogens is 2. The van der Waals surface area contributed by atoms with Gasteiger partial charge in [-0.2, -0.15) is 0 Å². The number of nitrogens with zero attached hydrogens (tertiary/aromatic N) is 2. The van der Waals surface area contributed by atoms with Gasteiger partial charge >= 0.3 is 0 Å². The molecule has 3 saturated heterocycles. The third-order valence-electron chi connectivity index (χ3n) is 5.07. The summed E-state index contributed by atoms with van der Waals surface area (Å²) in [5, 5.41) is 2.67. The number of nitrogens with one attached hydrogen (secondary N) is 1. The van der Waals surface area contributed by atoms with Crippen LogP contribution in [0.1, 0.15) is 25.7 Å². The van der Waals surface area contributed by atoms with Gasteiger partial charge in [0.05, 0.1) is 12.6 Å². The van der Waals surface area contributed by atoms with Gasteiger partial charge in [-0.25, -0.2) is 8.78 Å². The molecule has 0 saturated carbocycles. The maximum absolute atomic E-state index is 13.2. The smallest absolute Gasteiger partial charge is 0.262 e. The van der Waals surface area contributed by atoms with Crippen LogP contribution in [0.15, 0.2) is 0 Å². The number of carbonyl (C=O) groups excluding carboxylic acids is 1. The number of hydrogen-bond acceptors (Lipinski definition) is 3. The second-order valence-electron chi connectivity index (χ2n) is 6.52. The molecule has 0 aromatic heterocycles. The topological polar surface area (TPSA) is 35.6 Å². The average Bonchev–Trinajstić information content (AvgIpc) is 2.78. The summed E-state index contributed by atoms with van der Waals surface area (Å²) in [5.74, 6) is -2.36. The van der Waals surface area contributed by atoms with Crippen molar-refractivity contribution in [2.24, 2.45) is 5.92 Å². The Kier molecular flexibility index (Phi) is 3.71. The van der Waals surface area contributed by atoms with Gasteiger partial charge < -0.3 is 9.80 Å². The largest absolute Gasteiger partial charge is 0.341 e. The van der Waals surface area contributed by atoms with E-state index in [4.69, 9.17) is 0 Å². The summed E-state index contributed by atoms with van der Waals surface area (Å²) < 4.78 is 26.4. The van der Waals surface area contributed by atoms with Gasteiger partial charge in [0.25, 0.3) is 5.92 Å². The number of rotatable bonds is 1. The molecule has 0 aromatic rings. The molecule has 4 nitrogen and oxygen atoms in total. The van der Waals surface area contributed by atoms with Gasteiger partial charge in [0.15, 0.2) is 0 Å². The van der Waals surface area contributed by atoms with Crippen molar-refractivity contribution in [3.05, 3.63) is 0 Å². The van der Waals surface area contributed by atoms with Crippen molar-refractivity contribution in [1.82, 2.24) is 15.1 Å². The minimum absolute atomic E-state index is 0.131. The quantitative estimate of drug-likeness (QED) is 0.779. The zero-order valence-electron chi connectivity index (χ0n) is 11.9. The number of piperidine rings is 2. The van der Waals surface area contributed by atoms with Crippen LogP contribution in [0.5, 0.6) is 0 Å². The fourth-order valence-corrected chi connectivity index (χ4v) is 3.96. The molecule has 3 rings (SSSR count). The van der Waals surface area contributed by atoms with Crippen molar-refractivity contribution in [1.29, 1.82) is 0 Å². The van der Waals surface area contributed by atoms with Crippen molar-refractivity contribution in [2.45, 2.75) is 43.7 Å². The molecule has 0 aliphatic carbocycles. The second kappa shape index (κ2) is 5.22. The lowest BCUT2D eigenvalue weighted by Gasteiger charge is -2.46. The van der Waals surface area contributed by atoms with E-state index in [0.29, 0.717) is 18.5 Å². The standard InChI is InChI=1S/C14H23F2N3O/c1-18-5-2-3-10-8-19(6-4-12(10)18)13(20)11-7-14(15,16)9-17-11/h10-12,17H,2-9H2,1H3. The highest BCUT2D eigenvalue weighted by Crippen LogP contribution is 2.31. The Balaban J connectivity index is 1.60. The van der Waals surface area contributed by atoms with Gasteiger partial charge in [0.1, 0.15) is 0 Å². The van der Waals surface area contributed by atoms with Crippen molar-refractivity contribution < 1.29 is 13.6 Å². The zero-order valence-corrected chi connectivity index (χ0v) is 11.9. The molecule has 3 aliphatic heterocycles. The summed E-state index contributed by atoms with van der Waals surface area (Å²) in [7, 11) is 2.15. The predicted octanol–water partition coefficient (Wildman–Crippen LogP) is 0.926. The van der Waals surface area contributed by atoms with Crippen LogP contribution in [-0.4, -0.2) is 66.9 Å². The summed E-state index contributed by atoms with van der Waals surface area (Å²) in [4.78, 5) is 16.6. The Labute approximate surface area is 118 Å². The molecular weight excluding hydrogens is 264 g/mol. The van der Waals surface area contributed by atoms with Crippen molar-refractivity contribution in [3.63, 3.8) is 0 Å². The molecule has 3 aliphatic rings. The van der Waals surface area contributed by atoms with Crippen LogP contribution < -0.4 is 5.32 Å². The van der Waals surface area contributed by atoms with Crippen molar-refractivity contribution >= 4 is 5.91 Å². The molecule has 3 atom stereocenters. The van der Waals surface area contributed by atoms with Crippen LogP contribution in [0, 0.1) is 5.92 Å². The third-order valence-corrected chi connectivity index (χ3v) is 5.07. The minimum atomic E-state index is -2.73. The fourth-order valence-electron chi connectivity index (χ4n) is 3.96. The monoisotopic (exact) mass is 287 g/mol. The molecule has 0 radical (unpaired) electrons. The van der Waals surface area contributed by atoms with Gasteiger partial charge in [-0.15, -0.1) is 0 Å². The van der Waals surface area contributed by atoms with Gasteiger partial charge in [-0.3, -0.25) is 10.1 Å². The van der Waals surface area contributed by atoms with Gasteiger partial charge in [0, 0.05) is 25.6 Å². The van der Waals surface area contributed by atoms with Crippen LogP contribution >= 0.6 is 0 Å². The molecule has 1 amide bonds. The lowest BCUT2D eigenvalue weighted by atomic mass is 9.84. The maximum Gasteiger partial charge on any atom is 0.262 e. The van der Waals surface area contributed by atoms with Gasteiger partial charge in [0.2, 0.25) is 5.91 Å². The van der Waals surface area contributed by atoms with E-state index in [1.807, 2.05) is 0 Å². The summed E-state index contributed by atoms with van der Waals surface area (Å²) in [6.45, 7) is 2.20. The Bertz CT molecular complexity index is 391. The van der Waals surface area contributed by atoms with E-state index in [1.165, 1.54) is 6.42 Å². The van der Waals surface area contributed by atoms with Crippen LogP contribution in [0.3, 0.4) is 0 Å². The minimum Gasteiger partial charge on any atom is -0.341 e. The highest BCUT2D eigenvalue weighted by Gasteiger charge is 2.45. The Morgan fingerprint density at radius 1 is 1.30 bits per heavy atom. The average molecular weight is 287 g/mol. The van der Waals surface area contributed by atoms with E-state index < -0.39 is 12.0 Å². The first-order chi connectivity index (χ1) is 9.46. The molecule has 20 heavy (non-hydrogen) atoms. The normalized spacial score (nSPS) is 37.8. The van der Waals surface area contributed by atoms with Crippen molar-refractivity contribution in [2.75, 3.05) is 33.2 Å². The first-order valence-corrected chi connectivity index (χ1v) is 7.56. The van der Waals surface area contributed by atoms with E-state index >= 15 is 0 Å². The molecule has 1 N–H and O–H groups in total. The number of alkyl halides is 2. The summed E-state index contributed by atoms with van der Waals surface area (Å²) >= 11 is 0. The van der Waals surface area contributed by atoms with E-state index in [-0.39, 0.29) is 18.9 Å². The van der Waals surface area contributed by atoms with Gasteiger partial charge in [-0.1, -0.05) is 0 Å². The van der Waals surface area contributed by atoms with E-state index in [9.17, 15) is 13.6 Å². The Morgan fingerprint density at radius 3 is 2.80 bits per heavy atom. The van der Waals surface area contributed by atoms with Crippen molar-refractivity contribution in [3.8, 4) is 0 Å². The second-order valence-corrected chi connectivity index (χ2v) is 6.52. The molecular formula is C14H23F2N3O. The molecule has 3 unspecified atom stereocenters. The molecule has 0 aromatic carbocycles. The first-order valence-electron chi connectivity index (χ1n) is 7.56. The molecule has 0 bridgehead atoms. The Hall–Kier alpha value is -0.750. The Morgan fingerprint density at radius 2 is 2.10 bits per heavy atom. The van der Waals surface area contributed by atoms with Crippen LogP contribution in [0.25, 0.3) is 0 Å². The molecule has 3 heterocycles. The molecule has 3 fully saturated rings. The van der Waals surface area contributed by atoms with Crippen LogP contribution in [-0.2, 0) is 4.79 Å². The molecule has 114 valence electrons. The lowest BCUT2D eigenvalue weighted by molar-refractivity contribution is -0.137. The number of amides is 1. The van der Waals surface area contributed by atoms with E-state index in [1.54, 1.807) is 4.90 Å². The SMILES string of the molecule is CN1CCCC2CN(C(=O)C3CC(F)(F)CN3)CCC21. The zero-order chi connectivity index (χ0) is 14.3. The highest BCUT2D eigenvalue weighted by molar-refractivity contribution is 5.82. The summed E-state index contributed by atoms with van der Waals surface area (Å²) in [6, 6.07) is -0.131. The number of hydrogen-bond donors (Lipinski definition) is 1. The van der Waals surface area contributed by atoms with E-state index in [2.05, 4.69) is 17.3 Å². The van der Waals surface area contributed by atoms with Crippen LogP contribution in [0.4, 0.5) is 8.78 Å². The molecule has 0 spiro atoms. The predicted molar refractivity (Wildman–Crippen MR) is 71.7 cm³/mol. The number of likely N-dealkylation sites (tertiary alicyclic amines) is 2. The highest BCUT2D eigenvalue weighted by atomic mass is 19.3. The number of carbonyl (C=O) groups is 1. The maximum atomic E-state index is 13.2. The number of fused-ring (bicyclic) bond motifs is 1.